The molecule has 0 saturated heterocycles. The van der Waals surface area contributed by atoms with Gasteiger partial charge in [0.05, 0.1) is 11.6 Å². The van der Waals surface area contributed by atoms with E-state index in [1.165, 1.54) is 12.0 Å². The SMILES string of the molecule is CCc1ccc(C2C(C(=O)CCc3ccccc3)=C(O)C(=O)N2C2CCCCC2)cc1. The van der Waals surface area contributed by atoms with Gasteiger partial charge >= 0.3 is 0 Å². The van der Waals surface area contributed by atoms with Crippen LogP contribution in [0.5, 0.6) is 0 Å². The molecule has 1 amide bonds. The van der Waals surface area contributed by atoms with Crippen LogP contribution < -0.4 is 0 Å². The minimum absolute atomic E-state index is 0.0682. The number of Topliss-reactive ketones (excluding diaryl/α,β-unsaturated/α-hetero) is 1. The van der Waals surface area contributed by atoms with Crippen LogP contribution in [0.15, 0.2) is 65.9 Å². The van der Waals surface area contributed by atoms with Crippen molar-refractivity contribution in [2.24, 2.45) is 0 Å². The van der Waals surface area contributed by atoms with Gasteiger partial charge < -0.3 is 10.0 Å². The second kappa shape index (κ2) is 9.51. The van der Waals surface area contributed by atoms with Gasteiger partial charge in [0.2, 0.25) is 0 Å². The highest BCUT2D eigenvalue weighted by Crippen LogP contribution is 2.42. The summed E-state index contributed by atoms with van der Waals surface area (Å²) in [7, 11) is 0. The third kappa shape index (κ3) is 4.43. The van der Waals surface area contributed by atoms with Crippen LogP contribution in [0.2, 0.25) is 0 Å². The van der Waals surface area contributed by atoms with Crippen LogP contribution in [0.3, 0.4) is 0 Å². The Morgan fingerprint density at radius 3 is 2.29 bits per heavy atom. The molecule has 4 nitrogen and oxygen atoms in total. The summed E-state index contributed by atoms with van der Waals surface area (Å²) in [6, 6.07) is 17.6. The molecule has 2 aromatic rings. The Bertz CT molecular complexity index is 956. The zero-order valence-electron chi connectivity index (χ0n) is 18.2. The number of rotatable bonds is 7. The maximum atomic E-state index is 13.3. The topological polar surface area (TPSA) is 57.6 Å². The Hall–Kier alpha value is -2.88. The predicted molar refractivity (Wildman–Crippen MR) is 122 cm³/mol. The molecule has 31 heavy (non-hydrogen) atoms. The van der Waals surface area contributed by atoms with E-state index in [2.05, 4.69) is 19.1 Å². The van der Waals surface area contributed by atoms with Gasteiger partial charge in [-0.15, -0.1) is 0 Å². The summed E-state index contributed by atoms with van der Waals surface area (Å²) in [5.74, 6) is -0.884. The van der Waals surface area contributed by atoms with E-state index in [0.717, 1.165) is 43.2 Å². The maximum absolute atomic E-state index is 13.3. The maximum Gasteiger partial charge on any atom is 0.290 e. The zero-order chi connectivity index (χ0) is 21.8. The van der Waals surface area contributed by atoms with Crippen molar-refractivity contribution in [3.63, 3.8) is 0 Å². The van der Waals surface area contributed by atoms with Gasteiger partial charge in [-0.3, -0.25) is 9.59 Å². The number of amides is 1. The first-order valence-electron chi connectivity index (χ1n) is 11.5. The highest BCUT2D eigenvalue weighted by Gasteiger charge is 2.46. The van der Waals surface area contributed by atoms with Crippen molar-refractivity contribution in [2.45, 2.75) is 70.4 Å². The monoisotopic (exact) mass is 417 g/mol. The molecule has 2 aromatic carbocycles. The largest absolute Gasteiger partial charge is 0.503 e. The summed E-state index contributed by atoms with van der Waals surface area (Å²) in [6.45, 7) is 2.10. The summed E-state index contributed by atoms with van der Waals surface area (Å²) < 4.78 is 0. The fraction of sp³-hybridized carbons (Fsp3) is 0.407. The smallest absolute Gasteiger partial charge is 0.290 e. The Morgan fingerprint density at radius 1 is 0.968 bits per heavy atom. The molecule has 1 fully saturated rings. The highest BCUT2D eigenvalue weighted by atomic mass is 16.3. The van der Waals surface area contributed by atoms with Crippen LogP contribution in [0.1, 0.15) is 68.2 Å². The summed E-state index contributed by atoms with van der Waals surface area (Å²) in [5, 5.41) is 10.8. The molecule has 1 saturated carbocycles. The number of aryl methyl sites for hydroxylation is 2. The predicted octanol–water partition coefficient (Wildman–Crippen LogP) is 5.48. The average Bonchev–Trinajstić information content (AvgIpc) is 3.09. The van der Waals surface area contributed by atoms with Crippen LogP contribution in [-0.2, 0) is 22.4 Å². The van der Waals surface area contributed by atoms with Gasteiger partial charge in [0, 0.05) is 12.5 Å². The molecule has 1 heterocycles. The summed E-state index contributed by atoms with van der Waals surface area (Å²) in [5.41, 5.74) is 3.47. The van der Waals surface area contributed by atoms with Crippen molar-refractivity contribution >= 4 is 11.7 Å². The lowest BCUT2D eigenvalue weighted by molar-refractivity contribution is -0.132. The van der Waals surface area contributed by atoms with Gasteiger partial charge in [0.1, 0.15) is 0 Å². The van der Waals surface area contributed by atoms with Crippen LogP contribution in [0, 0.1) is 0 Å². The number of aliphatic hydroxyl groups excluding tert-OH is 1. The van der Waals surface area contributed by atoms with Crippen molar-refractivity contribution in [1.82, 2.24) is 4.90 Å². The van der Waals surface area contributed by atoms with E-state index in [4.69, 9.17) is 0 Å². The number of carbonyl (C=O) groups excluding carboxylic acids is 2. The average molecular weight is 418 g/mol. The second-order valence-electron chi connectivity index (χ2n) is 8.67. The molecule has 1 atom stereocenters. The lowest BCUT2D eigenvalue weighted by atomic mass is 9.89. The molecule has 0 radical (unpaired) electrons. The summed E-state index contributed by atoms with van der Waals surface area (Å²) in [6.07, 6.45) is 6.98. The molecule has 1 unspecified atom stereocenters. The van der Waals surface area contributed by atoms with E-state index in [-0.39, 0.29) is 35.5 Å². The van der Waals surface area contributed by atoms with E-state index in [0.29, 0.717) is 6.42 Å². The second-order valence-corrected chi connectivity index (χ2v) is 8.67. The number of nitrogens with zero attached hydrogens (tertiary/aromatic N) is 1. The lowest BCUT2D eigenvalue weighted by Crippen LogP contribution is -2.41. The van der Waals surface area contributed by atoms with Gasteiger partial charge in [0.25, 0.3) is 5.91 Å². The van der Waals surface area contributed by atoms with Crippen LogP contribution in [0.4, 0.5) is 0 Å². The zero-order valence-corrected chi connectivity index (χ0v) is 18.2. The molecular weight excluding hydrogens is 386 g/mol. The molecule has 4 heteroatoms. The van der Waals surface area contributed by atoms with Crippen LogP contribution in [0.25, 0.3) is 0 Å². The molecule has 1 N–H and O–H groups in total. The van der Waals surface area contributed by atoms with E-state index < -0.39 is 6.04 Å². The van der Waals surface area contributed by atoms with E-state index in [1.54, 1.807) is 4.90 Å². The molecule has 0 aromatic heterocycles. The third-order valence-corrected chi connectivity index (χ3v) is 6.70. The number of carbonyl (C=O) groups is 2. The highest BCUT2D eigenvalue weighted by molar-refractivity contribution is 6.09. The Labute approximate surface area is 184 Å². The van der Waals surface area contributed by atoms with E-state index >= 15 is 0 Å². The van der Waals surface area contributed by atoms with Crippen LogP contribution in [-0.4, -0.2) is 27.7 Å². The number of benzene rings is 2. The fourth-order valence-electron chi connectivity index (χ4n) is 4.94. The standard InChI is InChI=1S/C27H31NO3/c1-2-19-13-16-21(17-14-19)25-24(23(29)18-15-20-9-5-3-6-10-20)26(30)27(31)28(25)22-11-7-4-8-12-22/h3,5-6,9-10,13-14,16-17,22,25,30H,2,4,7-8,11-12,15,18H2,1H3. The van der Waals surface area contributed by atoms with Gasteiger partial charge in [-0.25, -0.2) is 0 Å². The number of ketones is 1. The third-order valence-electron chi connectivity index (χ3n) is 6.70. The van der Waals surface area contributed by atoms with Gasteiger partial charge in [0.15, 0.2) is 11.5 Å². The van der Waals surface area contributed by atoms with Gasteiger partial charge in [-0.1, -0.05) is 80.8 Å². The number of aliphatic hydroxyl groups is 1. The van der Waals surface area contributed by atoms with Crippen molar-refractivity contribution < 1.29 is 14.7 Å². The van der Waals surface area contributed by atoms with Crippen molar-refractivity contribution in [1.29, 1.82) is 0 Å². The summed E-state index contributed by atoms with van der Waals surface area (Å²) in [4.78, 5) is 28.3. The number of hydrogen-bond donors (Lipinski definition) is 1. The molecule has 4 rings (SSSR count). The molecule has 0 bridgehead atoms. The minimum Gasteiger partial charge on any atom is -0.503 e. The molecule has 1 aliphatic heterocycles. The van der Waals surface area contributed by atoms with Crippen molar-refractivity contribution in [3.05, 3.63) is 82.6 Å². The quantitative estimate of drug-likeness (QED) is 0.649. The van der Waals surface area contributed by atoms with E-state index in [9.17, 15) is 14.7 Å². The first-order chi connectivity index (χ1) is 15.1. The molecule has 162 valence electrons. The minimum atomic E-state index is -0.496. The number of hydrogen-bond acceptors (Lipinski definition) is 3. The van der Waals surface area contributed by atoms with Crippen molar-refractivity contribution in [3.8, 4) is 0 Å². The molecule has 1 aliphatic carbocycles. The normalized spacial score (nSPS) is 19.8. The van der Waals surface area contributed by atoms with Crippen LogP contribution >= 0.6 is 0 Å². The van der Waals surface area contributed by atoms with Gasteiger partial charge in [-0.2, -0.15) is 0 Å². The Kier molecular flexibility index (Phi) is 6.55. The first kappa shape index (κ1) is 21.4. The van der Waals surface area contributed by atoms with Crippen molar-refractivity contribution in [2.75, 3.05) is 0 Å². The molecule has 2 aliphatic rings. The molecular formula is C27H31NO3. The fourth-order valence-corrected chi connectivity index (χ4v) is 4.94. The van der Waals surface area contributed by atoms with E-state index in [1.807, 2.05) is 42.5 Å². The lowest BCUT2D eigenvalue weighted by Gasteiger charge is -2.36. The van der Waals surface area contributed by atoms with Gasteiger partial charge in [-0.05, 0) is 42.4 Å². The Balaban J connectivity index is 1.65. The molecule has 0 spiro atoms. The first-order valence-corrected chi connectivity index (χ1v) is 11.5. The summed E-state index contributed by atoms with van der Waals surface area (Å²) >= 11 is 0. The Morgan fingerprint density at radius 2 is 1.65 bits per heavy atom.